The molecule has 4 rings (SSSR count). The van der Waals surface area contributed by atoms with Gasteiger partial charge in [0.25, 0.3) is 0 Å². The number of hydrogen-bond donors (Lipinski definition) is 0. The molecule has 1 aliphatic rings. The number of ether oxygens (including phenoxy) is 2. The van der Waals surface area contributed by atoms with E-state index in [0.29, 0.717) is 16.9 Å². The molecule has 0 bridgehead atoms. The third kappa shape index (κ3) is 5.22. The molecule has 3 aromatic carbocycles. The molecule has 198 valence electrons. The molecule has 0 radical (unpaired) electrons. The molecule has 1 heterocycles. The summed E-state index contributed by atoms with van der Waals surface area (Å²) in [4.78, 5) is 29.7. The molecule has 1 unspecified atom stereocenters. The molecule has 0 amide bonds. The average molecular weight is 525 g/mol. The fraction of sp³-hybridized carbons (Fsp3) is 0.241. The molecule has 0 aliphatic carbocycles. The van der Waals surface area contributed by atoms with Crippen molar-refractivity contribution in [1.82, 2.24) is 0 Å². The van der Waals surface area contributed by atoms with Crippen LogP contribution in [-0.4, -0.2) is 32.7 Å². The minimum atomic E-state index is -4.51. The SMILES string of the molecule is COC(=O)C1=C(C(=O)OC)N(c2ccc(C)cc2)C(c2ccc(C(F)(F)F)cc2)N(c2ccc(C)cc2)C1. The maximum atomic E-state index is 13.4. The Morgan fingerprint density at radius 1 is 0.763 bits per heavy atom. The summed E-state index contributed by atoms with van der Waals surface area (Å²) in [7, 11) is 2.43. The van der Waals surface area contributed by atoms with E-state index in [1.807, 2.05) is 55.1 Å². The number of benzene rings is 3. The highest BCUT2D eigenvalue weighted by Gasteiger charge is 2.42. The van der Waals surface area contributed by atoms with Crippen molar-refractivity contribution in [1.29, 1.82) is 0 Å². The highest BCUT2D eigenvalue weighted by Crippen LogP contribution is 2.42. The molecule has 0 saturated carbocycles. The van der Waals surface area contributed by atoms with Crippen LogP contribution in [0.15, 0.2) is 84.1 Å². The Morgan fingerprint density at radius 2 is 1.26 bits per heavy atom. The summed E-state index contributed by atoms with van der Waals surface area (Å²) in [5, 5.41) is 0. The Hall–Kier alpha value is -4.27. The highest BCUT2D eigenvalue weighted by atomic mass is 19.4. The molecule has 3 aromatic rings. The van der Waals surface area contributed by atoms with Gasteiger partial charge < -0.3 is 19.3 Å². The molecule has 38 heavy (non-hydrogen) atoms. The maximum Gasteiger partial charge on any atom is 0.416 e. The number of halogens is 3. The van der Waals surface area contributed by atoms with Gasteiger partial charge in [-0.15, -0.1) is 0 Å². The topological polar surface area (TPSA) is 59.1 Å². The zero-order valence-corrected chi connectivity index (χ0v) is 21.4. The minimum Gasteiger partial charge on any atom is -0.466 e. The summed E-state index contributed by atoms with van der Waals surface area (Å²) in [6.45, 7) is 3.79. The van der Waals surface area contributed by atoms with Crippen molar-refractivity contribution in [3.63, 3.8) is 0 Å². The van der Waals surface area contributed by atoms with Crippen LogP contribution >= 0.6 is 0 Å². The second-order valence-corrected chi connectivity index (χ2v) is 8.97. The molecule has 0 saturated heterocycles. The van der Waals surface area contributed by atoms with Gasteiger partial charge >= 0.3 is 18.1 Å². The van der Waals surface area contributed by atoms with Gasteiger partial charge in [-0.2, -0.15) is 13.2 Å². The number of aryl methyl sites for hydroxylation is 2. The van der Waals surface area contributed by atoms with Crippen LogP contribution in [-0.2, 0) is 25.2 Å². The lowest BCUT2D eigenvalue weighted by Gasteiger charge is -2.47. The van der Waals surface area contributed by atoms with Crippen LogP contribution < -0.4 is 9.80 Å². The normalized spacial score (nSPS) is 15.9. The van der Waals surface area contributed by atoms with Crippen molar-refractivity contribution in [2.75, 3.05) is 30.6 Å². The monoisotopic (exact) mass is 524 g/mol. The van der Waals surface area contributed by atoms with E-state index in [4.69, 9.17) is 9.47 Å². The minimum absolute atomic E-state index is 0.0449. The summed E-state index contributed by atoms with van der Waals surface area (Å²) in [6, 6.07) is 19.5. The van der Waals surface area contributed by atoms with E-state index in [-0.39, 0.29) is 17.8 Å². The van der Waals surface area contributed by atoms with Gasteiger partial charge in [-0.3, -0.25) is 0 Å². The predicted octanol–water partition coefficient (Wildman–Crippen LogP) is 5.95. The molecule has 0 spiro atoms. The van der Waals surface area contributed by atoms with Crippen molar-refractivity contribution in [3.05, 3.63) is 106 Å². The van der Waals surface area contributed by atoms with E-state index in [9.17, 15) is 22.8 Å². The van der Waals surface area contributed by atoms with Gasteiger partial charge in [-0.05, 0) is 55.8 Å². The molecule has 0 aromatic heterocycles. The van der Waals surface area contributed by atoms with Crippen molar-refractivity contribution >= 4 is 23.3 Å². The lowest BCUT2D eigenvalue weighted by Crippen LogP contribution is -2.50. The molecule has 6 nitrogen and oxygen atoms in total. The van der Waals surface area contributed by atoms with Crippen LogP contribution in [0.25, 0.3) is 0 Å². The summed E-state index contributed by atoms with van der Waals surface area (Å²) < 4.78 is 50.2. The lowest BCUT2D eigenvalue weighted by molar-refractivity contribution is -0.139. The molecule has 0 N–H and O–H groups in total. The van der Waals surface area contributed by atoms with Crippen molar-refractivity contribution < 1.29 is 32.2 Å². The Bertz CT molecular complexity index is 1350. The Kier molecular flexibility index (Phi) is 7.48. The Balaban J connectivity index is 2.03. The molecule has 1 atom stereocenters. The predicted molar refractivity (Wildman–Crippen MR) is 137 cm³/mol. The third-order valence-electron chi connectivity index (χ3n) is 6.42. The van der Waals surface area contributed by atoms with Crippen LogP contribution in [0.4, 0.5) is 24.5 Å². The number of anilines is 2. The third-order valence-corrected chi connectivity index (χ3v) is 6.42. The standard InChI is InChI=1S/C29H27F3N2O4/c1-18-5-13-22(14-6-18)33-17-24(27(35)37-3)25(28(36)38-4)34(23-15-7-19(2)8-16-23)26(33)20-9-11-21(12-10-20)29(30,31)32/h5-16,26H,17H2,1-4H3. The summed E-state index contributed by atoms with van der Waals surface area (Å²) in [5.41, 5.74) is 2.90. The molecular weight excluding hydrogens is 497 g/mol. The number of alkyl halides is 3. The largest absolute Gasteiger partial charge is 0.466 e. The summed E-state index contributed by atoms with van der Waals surface area (Å²) in [5.74, 6) is -1.49. The quantitative estimate of drug-likeness (QED) is 0.385. The van der Waals surface area contributed by atoms with Crippen molar-refractivity contribution in [2.45, 2.75) is 26.2 Å². The number of nitrogens with zero attached hydrogens (tertiary/aromatic N) is 2. The van der Waals surface area contributed by atoms with E-state index in [0.717, 1.165) is 23.3 Å². The first-order chi connectivity index (χ1) is 18.0. The van der Waals surface area contributed by atoms with E-state index in [1.54, 1.807) is 17.0 Å². The zero-order chi connectivity index (χ0) is 27.6. The van der Waals surface area contributed by atoms with Gasteiger partial charge in [-0.1, -0.05) is 47.5 Å². The van der Waals surface area contributed by atoms with E-state index >= 15 is 0 Å². The summed E-state index contributed by atoms with van der Waals surface area (Å²) >= 11 is 0. The van der Waals surface area contributed by atoms with E-state index < -0.39 is 29.8 Å². The fourth-order valence-corrected chi connectivity index (χ4v) is 4.46. The van der Waals surface area contributed by atoms with Crippen LogP contribution in [0.1, 0.15) is 28.4 Å². The molecular formula is C29H27F3N2O4. The van der Waals surface area contributed by atoms with Crippen molar-refractivity contribution in [3.8, 4) is 0 Å². The first kappa shape index (κ1) is 26.8. The molecule has 9 heteroatoms. The summed E-state index contributed by atoms with van der Waals surface area (Å²) in [6.07, 6.45) is -5.31. The Morgan fingerprint density at radius 3 is 1.74 bits per heavy atom. The highest BCUT2D eigenvalue weighted by molar-refractivity contribution is 6.04. The second-order valence-electron chi connectivity index (χ2n) is 8.97. The van der Waals surface area contributed by atoms with Gasteiger partial charge in [0.1, 0.15) is 11.9 Å². The van der Waals surface area contributed by atoms with Gasteiger partial charge in [0.2, 0.25) is 0 Å². The van der Waals surface area contributed by atoms with Gasteiger partial charge in [-0.25, -0.2) is 9.59 Å². The number of esters is 2. The van der Waals surface area contributed by atoms with Crippen LogP contribution in [0, 0.1) is 13.8 Å². The van der Waals surface area contributed by atoms with Crippen LogP contribution in [0.2, 0.25) is 0 Å². The second kappa shape index (κ2) is 10.6. The number of rotatable bonds is 5. The van der Waals surface area contributed by atoms with Gasteiger partial charge in [0.15, 0.2) is 0 Å². The van der Waals surface area contributed by atoms with Crippen LogP contribution in [0.5, 0.6) is 0 Å². The fourth-order valence-electron chi connectivity index (χ4n) is 4.46. The zero-order valence-electron chi connectivity index (χ0n) is 21.4. The average Bonchev–Trinajstić information content (AvgIpc) is 2.91. The molecule has 1 aliphatic heterocycles. The van der Waals surface area contributed by atoms with E-state index in [1.165, 1.54) is 26.4 Å². The smallest absolute Gasteiger partial charge is 0.416 e. The lowest BCUT2D eigenvalue weighted by atomic mass is 9.98. The number of carbonyl (C=O) groups is 2. The number of methoxy groups -OCH3 is 2. The van der Waals surface area contributed by atoms with Crippen molar-refractivity contribution in [2.24, 2.45) is 0 Å². The first-order valence-corrected chi connectivity index (χ1v) is 11.8. The van der Waals surface area contributed by atoms with Gasteiger partial charge in [0, 0.05) is 11.4 Å². The van der Waals surface area contributed by atoms with E-state index in [2.05, 4.69) is 0 Å². The molecule has 0 fully saturated rings. The maximum absolute atomic E-state index is 13.4. The van der Waals surface area contributed by atoms with Gasteiger partial charge in [0.05, 0.1) is 31.9 Å². The number of hydrogen-bond acceptors (Lipinski definition) is 6. The van der Waals surface area contributed by atoms with Crippen LogP contribution in [0.3, 0.4) is 0 Å². The Labute approximate surface area is 218 Å². The first-order valence-electron chi connectivity index (χ1n) is 11.8. The number of carbonyl (C=O) groups excluding carboxylic acids is 2.